The van der Waals surface area contributed by atoms with Gasteiger partial charge in [-0.3, -0.25) is 0 Å². The lowest BCUT2D eigenvalue weighted by molar-refractivity contribution is 0.457. The van der Waals surface area contributed by atoms with Gasteiger partial charge in [0.2, 0.25) is 0 Å². The molecule has 7 heteroatoms. The van der Waals surface area contributed by atoms with Gasteiger partial charge >= 0.3 is 0 Å². The molecule has 1 aliphatic rings. The van der Waals surface area contributed by atoms with Gasteiger partial charge < -0.3 is 11.1 Å². The molecule has 1 aromatic rings. The van der Waals surface area contributed by atoms with Crippen LogP contribution in [0.4, 0.5) is 10.8 Å². The SMILES string of the molecule is CCCS(=O)(=O)c1c(N)nsc1NC1C(C)(C)C1(C)C. The summed E-state index contributed by atoms with van der Waals surface area (Å²) in [5.74, 6) is 0.212. The first-order chi connectivity index (χ1) is 9.05. The van der Waals surface area contributed by atoms with Crippen LogP contribution in [0.25, 0.3) is 0 Å². The zero-order chi connectivity index (χ0) is 15.3. The Kier molecular flexibility index (Phi) is 3.57. The monoisotopic (exact) mass is 317 g/mol. The van der Waals surface area contributed by atoms with Crippen LogP contribution in [0.3, 0.4) is 0 Å². The molecule has 1 fully saturated rings. The Labute approximate surface area is 125 Å². The molecule has 3 N–H and O–H groups in total. The van der Waals surface area contributed by atoms with E-state index in [-0.39, 0.29) is 33.3 Å². The first-order valence-electron chi connectivity index (χ1n) is 6.80. The summed E-state index contributed by atoms with van der Waals surface area (Å²) >= 11 is 1.13. The number of nitrogens with zero attached hydrogens (tertiary/aromatic N) is 1. The molecule has 0 amide bonds. The minimum atomic E-state index is -3.36. The van der Waals surface area contributed by atoms with Crippen LogP contribution in [0.15, 0.2) is 4.90 Å². The molecule has 0 aromatic carbocycles. The van der Waals surface area contributed by atoms with E-state index in [0.29, 0.717) is 11.4 Å². The zero-order valence-corrected chi connectivity index (χ0v) is 14.3. The van der Waals surface area contributed by atoms with Crippen LogP contribution >= 0.6 is 11.5 Å². The summed E-state index contributed by atoms with van der Waals surface area (Å²) in [5, 5.41) is 3.93. The second kappa shape index (κ2) is 4.59. The highest BCUT2D eigenvalue weighted by Gasteiger charge is 2.65. The Bertz CT molecular complexity index is 604. The Morgan fingerprint density at radius 1 is 1.30 bits per heavy atom. The lowest BCUT2D eigenvalue weighted by Crippen LogP contribution is -2.14. The van der Waals surface area contributed by atoms with E-state index in [1.165, 1.54) is 0 Å². The number of hydrogen-bond donors (Lipinski definition) is 2. The molecule has 0 unspecified atom stereocenters. The fraction of sp³-hybridized carbons (Fsp3) is 0.769. The maximum atomic E-state index is 12.3. The molecule has 0 bridgehead atoms. The van der Waals surface area contributed by atoms with Gasteiger partial charge in [0.05, 0.1) is 5.75 Å². The summed E-state index contributed by atoms with van der Waals surface area (Å²) in [6.45, 7) is 10.5. The molecule has 1 saturated carbocycles. The average Bonchev–Trinajstić information content (AvgIpc) is 2.62. The van der Waals surface area contributed by atoms with Gasteiger partial charge in [0.15, 0.2) is 15.7 Å². The normalized spacial score (nSPS) is 20.9. The van der Waals surface area contributed by atoms with Crippen LogP contribution in [0.1, 0.15) is 41.0 Å². The minimum Gasteiger partial charge on any atom is -0.382 e. The molecule has 1 heterocycles. The van der Waals surface area contributed by atoms with Crippen molar-refractivity contribution in [1.82, 2.24) is 4.37 Å². The lowest BCUT2D eigenvalue weighted by atomic mass is 10.0. The first kappa shape index (κ1) is 15.6. The minimum absolute atomic E-state index is 0.0990. The predicted octanol–water partition coefficient (Wildman–Crippen LogP) is 2.76. The predicted molar refractivity (Wildman–Crippen MR) is 83.8 cm³/mol. The highest BCUT2D eigenvalue weighted by atomic mass is 32.2. The van der Waals surface area contributed by atoms with Gasteiger partial charge in [0, 0.05) is 6.04 Å². The number of nitrogens with two attached hydrogens (primary N) is 1. The van der Waals surface area contributed by atoms with Crippen molar-refractivity contribution >= 4 is 32.2 Å². The molecule has 0 atom stereocenters. The fourth-order valence-corrected chi connectivity index (χ4v) is 5.38. The average molecular weight is 317 g/mol. The third kappa shape index (κ3) is 2.20. The molecule has 2 rings (SSSR count). The molecule has 5 nitrogen and oxygen atoms in total. The van der Waals surface area contributed by atoms with Gasteiger partial charge in [-0.05, 0) is 28.8 Å². The number of rotatable bonds is 5. The van der Waals surface area contributed by atoms with E-state index in [2.05, 4.69) is 37.4 Å². The summed E-state index contributed by atoms with van der Waals surface area (Å²) in [4.78, 5) is 0.183. The molecule has 0 saturated heterocycles. The number of sulfone groups is 1. The summed E-state index contributed by atoms with van der Waals surface area (Å²) in [6, 6.07) is 0.227. The molecule has 1 aromatic heterocycles. The molecular weight excluding hydrogens is 294 g/mol. The van der Waals surface area contributed by atoms with Crippen LogP contribution in [-0.2, 0) is 9.84 Å². The smallest absolute Gasteiger partial charge is 0.185 e. The third-order valence-electron chi connectivity index (χ3n) is 4.75. The second-order valence-electron chi connectivity index (χ2n) is 6.57. The van der Waals surface area contributed by atoms with E-state index >= 15 is 0 Å². The van der Waals surface area contributed by atoms with Crippen molar-refractivity contribution < 1.29 is 8.42 Å². The Balaban J connectivity index is 2.33. The van der Waals surface area contributed by atoms with Gasteiger partial charge in [-0.15, -0.1) is 0 Å². The van der Waals surface area contributed by atoms with Gasteiger partial charge in [-0.2, -0.15) is 4.37 Å². The topological polar surface area (TPSA) is 85.1 Å². The van der Waals surface area contributed by atoms with E-state index in [9.17, 15) is 8.42 Å². The Morgan fingerprint density at radius 2 is 1.85 bits per heavy atom. The first-order valence-corrected chi connectivity index (χ1v) is 9.22. The van der Waals surface area contributed by atoms with Crippen LogP contribution < -0.4 is 11.1 Å². The van der Waals surface area contributed by atoms with E-state index in [1.54, 1.807) is 0 Å². The highest BCUT2D eigenvalue weighted by Crippen LogP contribution is 2.64. The maximum Gasteiger partial charge on any atom is 0.185 e. The van der Waals surface area contributed by atoms with Crippen LogP contribution in [0, 0.1) is 10.8 Å². The number of hydrogen-bond acceptors (Lipinski definition) is 6. The molecule has 114 valence electrons. The zero-order valence-electron chi connectivity index (χ0n) is 12.6. The highest BCUT2D eigenvalue weighted by molar-refractivity contribution is 7.91. The van der Waals surface area contributed by atoms with Crippen molar-refractivity contribution in [3.63, 3.8) is 0 Å². The number of nitrogens with one attached hydrogen (secondary N) is 1. The van der Waals surface area contributed by atoms with Gasteiger partial charge in [0.1, 0.15) is 9.90 Å². The Hall–Kier alpha value is -0.820. The van der Waals surface area contributed by atoms with Crippen molar-refractivity contribution in [2.24, 2.45) is 10.8 Å². The number of nitrogen functional groups attached to an aromatic ring is 1. The molecule has 0 aliphatic heterocycles. The fourth-order valence-electron chi connectivity index (χ4n) is 2.75. The largest absolute Gasteiger partial charge is 0.382 e. The summed E-state index contributed by atoms with van der Waals surface area (Å²) in [5.41, 5.74) is 6.01. The van der Waals surface area contributed by atoms with Crippen LogP contribution in [0.5, 0.6) is 0 Å². The van der Waals surface area contributed by atoms with Gasteiger partial charge in [-0.1, -0.05) is 34.6 Å². The van der Waals surface area contributed by atoms with Gasteiger partial charge in [0.25, 0.3) is 0 Å². The standard InChI is InChI=1S/C13H23N3O2S2/c1-6-7-20(17,18)8-9(14)16-19-10(8)15-11-12(2,3)13(11,4)5/h11,15H,6-7H2,1-5H3,(H2,14,16). The summed E-state index contributed by atoms with van der Waals surface area (Å²) in [6.07, 6.45) is 0.567. The second-order valence-corrected chi connectivity index (χ2v) is 9.39. The van der Waals surface area contributed by atoms with Gasteiger partial charge in [-0.25, -0.2) is 8.42 Å². The summed E-state index contributed by atoms with van der Waals surface area (Å²) < 4.78 is 28.6. The van der Waals surface area contributed by atoms with Crippen molar-refractivity contribution in [1.29, 1.82) is 0 Å². The Morgan fingerprint density at radius 3 is 2.30 bits per heavy atom. The molecule has 0 radical (unpaired) electrons. The van der Waals surface area contributed by atoms with Crippen LogP contribution in [0.2, 0.25) is 0 Å². The number of aromatic nitrogens is 1. The quantitative estimate of drug-likeness (QED) is 0.872. The van der Waals surface area contributed by atoms with Crippen molar-refractivity contribution in [3.05, 3.63) is 0 Å². The van der Waals surface area contributed by atoms with E-state index in [0.717, 1.165) is 11.5 Å². The summed E-state index contributed by atoms with van der Waals surface area (Å²) in [7, 11) is -3.36. The van der Waals surface area contributed by atoms with E-state index in [4.69, 9.17) is 5.73 Å². The molecule has 1 aliphatic carbocycles. The molecular formula is C13H23N3O2S2. The van der Waals surface area contributed by atoms with Crippen molar-refractivity contribution in [3.8, 4) is 0 Å². The lowest BCUT2D eigenvalue weighted by Gasteiger charge is -2.09. The molecule has 0 spiro atoms. The number of anilines is 2. The van der Waals surface area contributed by atoms with Crippen molar-refractivity contribution in [2.75, 3.05) is 16.8 Å². The van der Waals surface area contributed by atoms with Crippen molar-refractivity contribution in [2.45, 2.75) is 52.0 Å². The van der Waals surface area contributed by atoms with E-state index in [1.807, 2.05) is 6.92 Å². The maximum absolute atomic E-state index is 12.3. The van der Waals surface area contributed by atoms with Crippen LogP contribution in [-0.4, -0.2) is 24.6 Å². The third-order valence-corrected chi connectivity index (χ3v) is 7.66. The van der Waals surface area contributed by atoms with E-state index < -0.39 is 9.84 Å². The molecule has 20 heavy (non-hydrogen) atoms.